The molecule has 0 unspecified atom stereocenters. The third kappa shape index (κ3) is 4.10. The third-order valence-corrected chi connectivity index (χ3v) is 2.12. The van der Waals surface area contributed by atoms with Crippen molar-refractivity contribution in [3.05, 3.63) is 35.9 Å². The van der Waals surface area contributed by atoms with Gasteiger partial charge in [-0.25, -0.2) is 0 Å². The minimum Gasteiger partial charge on any atom is -0.345 e. The molecule has 0 aromatic heterocycles. The van der Waals surface area contributed by atoms with Gasteiger partial charge in [0.25, 0.3) is 0 Å². The van der Waals surface area contributed by atoms with Gasteiger partial charge in [-0.2, -0.15) is 0 Å². The van der Waals surface area contributed by atoms with Crippen molar-refractivity contribution in [1.29, 1.82) is 0 Å². The lowest BCUT2D eigenvalue weighted by Gasteiger charge is -2.07. The molecule has 1 rings (SSSR count). The van der Waals surface area contributed by atoms with Gasteiger partial charge in [0, 0.05) is 32.8 Å². The monoisotopic (exact) mass is 232 g/mol. The number of hydrogen-bond acceptors (Lipinski definition) is 2. The summed E-state index contributed by atoms with van der Waals surface area (Å²) in [6.07, 6.45) is 3.16. The van der Waals surface area contributed by atoms with Crippen molar-refractivity contribution in [2.45, 2.75) is 6.92 Å². The number of amides is 2. The minimum atomic E-state index is -0.134. The molecule has 90 valence electrons. The first-order chi connectivity index (χ1) is 8.00. The molecule has 0 aliphatic heterocycles. The first-order valence-electron chi connectivity index (χ1n) is 5.26. The van der Waals surface area contributed by atoms with E-state index in [0.717, 1.165) is 5.56 Å². The van der Waals surface area contributed by atoms with Crippen LogP contribution in [0.5, 0.6) is 0 Å². The van der Waals surface area contributed by atoms with Gasteiger partial charge in [0.15, 0.2) is 0 Å². The molecule has 0 saturated carbocycles. The number of carbonyl (C=O) groups is 2. The zero-order valence-corrected chi connectivity index (χ0v) is 10.2. The molecular weight excluding hydrogens is 216 g/mol. The average molecular weight is 232 g/mol. The van der Waals surface area contributed by atoms with Crippen LogP contribution < -0.4 is 5.32 Å². The smallest absolute Gasteiger partial charge is 0.246 e. The van der Waals surface area contributed by atoms with Gasteiger partial charge in [-0.05, 0) is 17.7 Å². The second-order valence-corrected chi connectivity index (χ2v) is 3.83. The van der Waals surface area contributed by atoms with Gasteiger partial charge in [-0.3, -0.25) is 9.59 Å². The number of carbonyl (C=O) groups excluding carboxylic acids is 2. The Morgan fingerprint density at radius 3 is 2.47 bits per heavy atom. The number of rotatable bonds is 3. The van der Waals surface area contributed by atoms with Crippen LogP contribution >= 0.6 is 0 Å². The van der Waals surface area contributed by atoms with Crippen LogP contribution in [0.4, 0.5) is 5.69 Å². The molecule has 4 nitrogen and oxygen atoms in total. The Hall–Kier alpha value is -2.10. The Balaban J connectivity index is 2.90. The van der Waals surface area contributed by atoms with E-state index in [1.807, 2.05) is 18.2 Å². The van der Waals surface area contributed by atoms with E-state index in [0.29, 0.717) is 5.69 Å². The van der Waals surface area contributed by atoms with E-state index < -0.39 is 0 Å². The molecule has 0 saturated heterocycles. The number of nitrogens with one attached hydrogen (secondary N) is 1. The predicted octanol–water partition coefficient (Wildman–Crippen LogP) is 1.75. The maximum Gasteiger partial charge on any atom is 0.246 e. The van der Waals surface area contributed by atoms with Gasteiger partial charge in [0.1, 0.15) is 0 Å². The fourth-order valence-corrected chi connectivity index (χ4v) is 1.26. The van der Waals surface area contributed by atoms with Crippen molar-refractivity contribution in [2.24, 2.45) is 0 Å². The van der Waals surface area contributed by atoms with Crippen LogP contribution in [0.3, 0.4) is 0 Å². The standard InChI is InChI=1S/C13H16N2O2/c1-10(16)14-12-7-5-4-6-11(12)8-9-13(17)15(2)3/h4-9H,1-3H3,(H,14,16)/b9-8+. The Kier molecular flexibility index (Phi) is 4.46. The van der Waals surface area contributed by atoms with Crippen molar-refractivity contribution in [3.8, 4) is 0 Å². The lowest BCUT2D eigenvalue weighted by Crippen LogP contribution is -2.18. The van der Waals surface area contributed by atoms with Gasteiger partial charge in [0.2, 0.25) is 11.8 Å². The number of benzene rings is 1. The summed E-state index contributed by atoms with van der Waals surface area (Å²) in [5.74, 6) is -0.229. The van der Waals surface area contributed by atoms with Crippen LogP contribution in [0.1, 0.15) is 12.5 Å². The number of likely N-dealkylation sites (N-methyl/N-ethyl adjacent to an activating group) is 1. The summed E-state index contributed by atoms with van der Waals surface area (Å²) >= 11 is 0. The molecule has 2 amide bonds. The molecule has 1 aromatic carbocycles. The lowest BCUT2D eigenvalue weighted by atomic mass is 10.1. The van der Waals surface area contributed by atoms with Crippen LogP contribution in [0, 0.1) is 0 Å². The highest BCUT2D eigenvalue weighted by Crippen LogP contribution is 2.16. The number of hydrogen-bond donors (Lipinski definition) is 1. The predicted molar refractivity (Wildman–Crippen MR) is 68.5 cm³/mol. The first kappa shape index (κ1) is 13.0. The molecule has 4 heteroatoms. The van der Waals surface area contributed by atoms with Gasteiger partial charge in [0.05, 0.1) is 0 Å². The zero-order valence-electron chi connectivity index (χ0n) is 10.2. The molecule has 1 aromatic rings. The topological polar surface area (TPSA) is 49.4 Å². The number of para-hydroxylation sites is 1. The molecule has 0 fully saturated rings. The SMILES string of the molecule is CC(=O)Nc1ccccc1/C=C/C(=O)N(C)C. The summed E-state index contributed by atoms with van der Waals surface area (Å²) in [5, 5.41) is 2.71. The van der Waals surface area contributed by atoms with Crippen molar-refractivity contribution in [1.82, 2.24) is 4.90 Å². The Morgan fingerprint density at radius 1 is 1.24 bits per heavy atom. The van der Waals surface area contributed by atoms with E-state index in [1.54, 1.807) is 26.2 Å². The molecule has 0 bridgehead atoms. The molecule has 0 atom stereocenters. The average Bonchev–Trinajstić information content (AvgIpc) is 2.26. The summed E-state index contributed by atoms with van der Waals surface area (Å²) in [6, 6.07) is 7.31. The molecule has 0 radical (unpaired) electrons. The Labute approximate surface area is 101 Å². The van der Waals surface area contributed by atoms with Crippen LogP contribution in [-0.4, -0.2) is 30.8 Å². The van der Waals surface area contributed by atoms with Crippen LogP contribution in [0.25, 0.3) is 6.08 Å². The van der Waals surface area contributed by atoms with Gasteiger partial charge in [-0.1, -0.05) is 18.2 Å². The first-order valence-corrected chi connectivity index (χ1v) is 5.26. The summed E-state index contributed by atoms with van der Waals surface area (Å²) in [6.45, 7) is 1.45. The maximum absolute atomic E-state index is 11.4. The van der Waals surface area contributed by atoms with E-state index >= 15 is 0 Å². The molecule has 0 aliphatic rings. The molecular formula is C13H16N2O2. The normalized spacial score (nSPS) is 10.3. The second-order valence-electron chi connectivity index (χ2n) is 3.83. The summed E-state index contributed by atoms with van der Waals surface area (Å²) in [4.78, 5) is 23.9. The van der Waals surface area contributed by atoms with Gasteiger partial charge in [-0.15, -0.1) is 0 Å². The quantitative estimate of drug-likeness (QED) is 0.807. The molecule has 0 heterocycles. The lowest BCUT2D eigenvalue weighted by molar-refractivity contribution is -0.123. The van der Waals surface area contributed by atoms with Crippen molar-refractivity contribution in [3.63, 3.8) is 0 Å². The van der Waals surface area contributed by atoms with Crippen molar-refractivity contribution >= 4 is 23.6 Å². The molecule has 17 heavy (non-hydrogen) atoms. The maximum atomic E-state index is 11.4. The number of anilines is 1. The highest BCUT2D eigenvalue weighted by molar-refractivity contribution is 5.95. The highest BCUT2D eigenvalue weighted by atomic mass is 16.2. The second kappa shape index (κ2) is 5.84. The largest absolute Gasteiger partial charge is 0.345 e. The third-order valence-electron chi connectivity index (χ3n) is 2.12. The summed E-state index contributed by atoms with van der Waals surface area (Å²) in [5.41, 5.74) is 1.50. The zero-order chi connectivity index (χ0) is 12.8. The highest BCUT2D eigenvalue weighted by Gasteiger charge is 2.01. The van der Waals surface area contributed by atoms with E-state index in [9.17, 15) is 9.59 Å². The fourth-order valence-electron chi connectivity index (χ4n) is 1.26. The molecule has 0 spiro atoms. The van der Waals surface area contributed by atoms with Crippen LogP contribution in [-0.2, 0) is 9.59 Å². The van der Waals surface area contributed by atoms with E-state index in [4.69, 9.17) is 0 Å². The Bertz CT molecular complexity index is 450. The summed E-state index contributed by atoms with van der Waals surface area (Å²) < 4.78 is 0. The number of nitrogens with zero attached hydrogens (tertiary/aromatic N) is 1. The summed E-state index contributed by atoms with van der Waals surface area (Å²) in [7, 11) is 3.37. The Morgan fingerprint density at radius 2 is 1.88 bits per heavy atom. The van der Waals surface area contributed by atoms with E-state index in [-0.39, 0.29) is 11.8 Å². The van der Waals surface area contributed by atoms with Crippen molar-refractivity contribution < 1.29 is 9.59 Å². The minimum absolute atomic E-state index is 0.0948. The van der Waals surface area contributed by atoms with Gasteiger partial charge < -0.3 is 10.2 Å². The van der Waals surface area contributed by atoms with Crippen LogP contribution in [0.15, 0.2) is 30.3 Å². The fraction of sp³-hybridized carbons (Fsp3) is 0.231. The molecule has 1 N–H and O–H groups in total. The van der Waals surface area contributed by atoms with Crippen molar-refractivity contribution in [2.75, 3.05) is 19.4 Å². The van der Waals surface area contributed by atoms with Gasteiger partial charge >= 0.3 is 0 Å². The van der Waals surface area contributed by atoms with E-state index in [1.165, 1.54) is 17.9 Å². The van der Waals surface area contributed by atoms with E-state index in [2.05, 4.69) is 5.32 Å². The van der Waals surface area contributed by atoms with Crippen LogP contribution in [0.2, 0.25) is 0 Å². The molecule has 0 aliphatic carbocycles.